The molecule has 2 aromatic rings. The Balaban J connectivity index is 2.01. The number of nitrogens with two attached hydrogens (primary N) is 1. The molecule has 0 amide bonds. The van der Waals surface area contributed by atoms with Gasteiger partial charge >= 0.3 is 0 Å². The van der Waals surface area contributed by atoms with Crippen molar-refractivity contribution < 1.29 is 4.39 Å². The molecule has 1 unspecified atom stereocenters. The lowest BCUT2D eigenvalue weighted by Crippen LogP contribution is -2.22. The van der Waals surface area contributed by atoms with Crippen LogP contribution in [0.5, 0.6) is 0 Å². The predicted molar refractivity (Wildman–Crippen MR) is 91.8 cm³/mol. The third-order valence-electron chi connectivity index (χ3n) is 3.06. The van der Waals surface area contributed by atoms with Crippen LogP contribution in [0.3, 0.4) is 0 Å². The van der Waals surface area contributed by atoms with Gasteiger partial charge in [0.1, 0.15) is 0 Å². The molecule has 0 aliphatic heterocycles. The molecule has 5 nitrogen and oxygen atoms in total. The van der Waals surface area contributed by atoms with Crippen molar-refractivity contribution in [3.8, 4) is 0 Å². The highest BCUT2D eigenvalue weighted by Gasteiger charge is 2.24. The molecule has 3 N–H and O–H groups in total. The summed E-state index contributed by atoms with van der Waals surface area (Å²) in [5.41, 5.74) is 3.98. The Morgan fingerprint density at radius 1 is 1.41 bits per heavy atom. The fourth-order valence-electron chi connectivity index (χ4n) is 1.87. The molecular weight excluding hydrogens is 369 g/mol. The molecule has 1 atom stereocenters. The Labute approximate surface area is 141 Å². The first-order valence-electron chi connectivity index (χ1n) is 6.95. The van der Waals surface area contributed by atoms with Crippen LogP contribution >= 0.6 is 27.3 Å². The van der Waals surface area contributed by atoms with Crippen LogP contribution < -0.4 is 11.1 Å². The van der Waals surface area contributed by atoms with Crippen molar-refractivity contribution in [2.75, 3.05) is 11.1 Å². The van der Waals surface area contributed by atoms with Gasteiger partial charge in [-0.05, 0) is 61.0 Å². The molecule has 8 heteroatoms. The van der Waals surface area contributed by atoms with Gasteiger partial charge in [0.2, 0.25) is 11.9 Å². The van der Waals surface area contributed by atoms with E-state index in [0.29, 0.717) is 5.95 Å². The molecule has 0 radical (unpaired) electrons. The predicted octanol–water partition coefficient (Wildman–Crippen LogP) is 3.92. The number of nitrogens with one attached hydrogen (secondary N) is 1. The second kappa shape index (κ2) is 6.87. The fourth-order valence-corrected chi connectivity index (χ4v) is 3.44. The molecule has 0 spiro atoms. The van der Waals surface area contributed by atoms with E-state index in [1.165, 1.54) is 18.7 Å². The van der Waals surface area contributed by atoms with Crippen molar-refractivity contribution in [1.82, 2.24) is 15.0 Å². The van der Waals surface area contributed by atoms with Crippen LogP contribution in [0.15, 0.2) is 15.9 Å². The molecule has 0 aromatic carbocycles. The third kappa shape index (κ3) is 4.61. The van der Waals surface area contributed by atoms with Crippen molar-refractivity contribution >= 4 is 39.2 Å². The van der Waals surface area contributed by atoms with Gasteiger partial charge in [0, 0.05) is 15.4 Å². The molecule has 0 saturated heterocycles. The largest absolute Gasteiger partial charge is 0.368 e. The molecule has 0 fully saturated rings. The lowest BCUT2D eigenvalue weighted by Gasteiger charge is -2.17. The van der Waals surface area contributed by atoms with Crippen LogP contribution in [0.1, 0.15) is 37.9 Å². The highest BCUT2D eigenvalue weighted by molar-refractivity contribution is 9.10. The first kappa shape index (κ1) is 17.1. The number of hydrogen-bond acceptors (Lipinski definition) is 6. The van der Waals surface area contributed by atoms with E-state index in [0.717, 1.165) is 17.3 Å². The highest BCUT2D eigenvalue weighted by Crippen LogP contribution is 2.25. The summed E-state index contributed by atoms with van der Waals surface area (Å²) >= 11 is 5.24. The number of rotatable bonds is 6. The molecule has 0 bridgehead atoms. The number of nitrogens with zero attached hydrogens (tertiary/aromatic N) is 3. The van der Waals surface area contributed by atoms with Crippen LogP contribution in [0.4, 0.5) is 16.3 Å². The van der Waals surface area contributed by atoms with E-state index >= 15 is 0 Å². The Bertz CT molecular complexity index is 640. The Kier molecular flexibility index (Phi) is 5.33. The molecular formula is C14H19BrFN5S. The summed E-state index contributed by atoms with van der Waals surface area (Å²) < 4.78 is 15.1. The van der Waals surface area contributed by atoms with E-state index in [2.05, 4.69) is 41.6 Å². The van der Waals surface area contributed by atoms with E-state index < -0.39 is 5.67 Å². The van der Waals surface area contributed by atoms with Gasteiger partial charge in [-0.3, -0.25) is 0 Å². The zero-order valence-corrected chi connectivity index (χ0v) is 15.1. The molecule has 120 valence electrons. The quantitative estimate of drug-likeness (QED) is 0.785. The van der Waals surface area contributed by atoms with Crippen molar-refractivity contribution in [3.63, 3.8) is 0 Å². The summed E-state index contributed by atoms with van der Waals surface area (Å²) in [5.74, 6) is 0.369. The first-order chi connectivity index (χ1) is 10.3. The topological polar surface area (TPSA) is 76.7 Å². The summed E-state index contributed by atoms with van der Waals surface area (Å²) in [6, 6.07) is 2.17. The maximum atomic E-state index is 14.0. The molecule has 2 rings (SSSR count). The number of aryl methyl sites for hydroxylation is 1. The lowest BCUT2D eigenvalue weighted by atomic mass is 10.1. The summed E-state index contributed by atoms with van der Waals surface area (Å²) in [7, 11) is 0. The van der Waals surface area contributed by atoms with E-state index in [1.807, 2.05) is 13.0 Å². The number of halogens is 2. The standard InChI is InChI=1S/C14H19BrFN5S/c1-8(4-5-10-9(15)6-7-22-10)18-13-20-11(14(2,3)16)19-12(17)21-13/h6-8H,4-5H2,1-3H3,(H3,17,18,19,20,21). The third-order valence-corrected chi connectivity index (χ3v) is 5.04. The molecule has 22 heavy (non-hydrogen) atoms. The minimum atomic E-state index is -1.65. The average Bonchev–Trinajstić information content (AvgIpc) is 2.80. The number of nitrogen functional groups attached to an aromatic ring is 1. The van der Waals surface area contributed by atoms with Crippen molar-refractivity contribution in [1.29, 1.82) is 0 Å². The van der Waals surface area contributed by atoms with Gasteiger partial charge in [-0.15, -0.1) is 11.3 Å². The van der Waals surface area contributed by atoms with Crippen LogP contribution in [-0.2, 0) is 12.1 Å². The molecule has 2 heterocycles. The van der Waals surface area contributed by atoms with Crippen LogP contribution in [-0.4, -0.2) is 21.0 Å². The second-order valence-corrected chi connectivity index (χ2v) is 7.44. The first-order valence-corrected chi connectivity index (χ1v) is 8.62. The normalized spacial score (nSPS) is 13.1. The van der Waals surface area contributed by atoms with Crippen molar-refractivity contribution in [2.24, 2.45) is 0 Å². The SMILES string of the molecule is CC(CCc1sccc1Br)Nc1nc(N)nc(C(C)(C)F)n1. The molecule has 0 aliphatic carbocycles. The zero-order chi connectivity index (χ0) is 16.3. The number of aromatic nitrogens is 3. The summed E-state index contributed by atoms with van der Waals surface area (Å²) in [6.45, 7) is 4.81. The number of hydrogen-bond donors (Lipinski definition) is 2. The van der Waals surface area contributed by atoms with Crippen molar-refractivity contribution in [2.45, 2.75) is 45.3 Å². The van der Waals surface area contributed by atoms with Crippen molar-refractivity contribution in [3.05, 3.63) is 26.6 Å². The van der Waals surface area contributed by atoms with Crippen LogP contribution in [0.25, 0.3) is 0 Å². The Hall–Kier alpha value is -1.28. The molecule has 0 aliphatic rings. The van der Waals surface area contributed by atoms with E-state index in [4.69, 9.17) is 5.73 Å². The van der Waals surface area contributed by atoms with Gasteiger partial charge < -0.3 is 11.1 Å². The molecule has 0 saturated carbocycles. The zero-order valence-electron chi connectivity index (χ0n) is 12.7. The Morgan fingerprint density at radius 3 is 2.73 bits per heavy atom. The van der Waals surface area contributed by atoms with Gasteiger partial charge in [0.15, 0.2) is 11.5 Å². The van der Waals surface area contributed by atoms with Gasteiger partial charge in [-0.1, -0.05) is 0 Å². The van der Waals surface area contributed by atoms with Crippen LogP contribution in [0.2, 0.25) is 0 Å². The highest BCUT2D eigenvalue weighted by atomic mass is 79.9. The minimum Gasteiger partial charge on any atom is -0.368 e. The second-order valence-electron chi connectivity index (χ2n) is 5.59. The fraction of sp³-hybridized carbons (Fsp3) is 0.500. The smallest absolute Gasteiger partial charge is 0.228 e. The van der Waals surface area contributed by atoms with Gasteiger partial charge in [0.05, 0.1) is 0 Å². The van der Waals surface area contributed by atoms with Crippen LogP contribution in [0, 0.1) is 0 Å². The van der Waals surface area contributed by atoms with E-state index in [9.17, 15) is 4.39 Å². The summed E-state index contributed by atoms with van der Waals surface area (Å²) in [6.07, 6.45) is 1.84. The van der Waals surface area contributed by atoms with Gasteiger partial charge in [-0.2, -0.15) is 15.0 Å². The minimum absolute atomic E-state index is 0.0198. The molecule has 2 aromatic heterocycles. The Morgan fingerprint density at radius 2 is 2.14 bits per heavy atom. The monoisotopic (exact) mass is 387 g/mol. The van der Waals surface area contributed by atoms with Gasteiger partial charge in [0.25, 0.3) is 0 Å². The maximum Gasteiger partial charge on any atom is 0.228 e. The van der Waals surface area contributed by atoms with Gasteiger partial charge in [-0.25, -0.2) is 4.39 Å². The summed E-state index contributed by atoms with van der Waals surface area (Å²) in [4.78, 5) is 13.3. The number of anilines is 2. The average molecular weight is 388 g/mol. The van der Waals surface area contributed by atoms with E-state index in [-0.39, 0.29) is 17.8 Å². The number of thiophene rings is 1. The number of alkyl halides is 1. The lowest BCUT2D eigenvalue weighted by molar-refractivity contribution is 0.206. The maximum absolute atomic E-state index is 14.0. The summed E-state index contributed by atoms with van der Waals surface area (Å²) in [5, 5.41) is 5.21. The van der Waals surface area contributed by atoms with E-state index in [1.54, 1.807) is 11.3 Å².